The number of halogens is 1. The number of nitro benzene ring substituents is 1. The number of rotatable bonds is 7. The van der Waals surface area contributed by atoms with Crippen LogP contribution in [-0.2, 0) is 21.4 Å². The minimum Gasteiger partial charge on any atom is -0.477 e. The Bertz CT molecular complexity index is 948. The van der Waals surface area contributed by atoms with Crippen molar-refractivity contribution >= 4 is 33.2 Å². The number of carbonyl (C=O) groups is 1. The third-order valence-electron chi connectivity index (χ3n) is 3.19. The highest BCUT2D eigenvalue weighted by Gasteiger charge is 2.20. The first-order valence-corrected chi connectivity index (χ1v) is 9.04. The Hall–Kier alpha value is -2.69. The molecule has 0 fully saturated rings. The summed E-state index contributed by atoms with van der Waals surface area (Å²) in [7, 11) is -4.10. The number of sulfonamides is 1. The van der Waals surface area contributed by atoms with E-state index in [1.165, 1.54) is 0 Å². The molecule has 0 aliphatic heterocycles. The fourth-order valence-electron chi connectivity index (χ4n) is 1.98. The van der Waals surface area contributed by atoms with Crippen LogP contribution < -0.4 is 15.2 Å². The number of amides is 1. The quantitative estimate of drug-likeness (QED) is 0.534. The van der Waals surface area contributed by atoms with Crippen molar-refractivity contribution in [1.82, 2.24) is 5.32 Å². The first kappa shape index (κ1) is 19.6. The van der Waals surface area contributed by atoms with Gasteiger partial charge in [-0.3, -0.25) is 14.9 Å². The number of ether oxygens (including phenoxy) is 1. The second-order valence-corrected chi connectivity index (χ2v) is 7.12. The molecule has 0 heterocycles. The summed E-state index contributed by atoms with van der Waals surface area (Å²) in [6.07, 6.45) is 0. The highest BCUT2D eigenvalue weighted by molar-refractivity contribution is 7.89. The van der Waals surface area contributed by atoms with E-state index in [2.05, 4.69) is 5.32 Å². The monoisotopic (exact) mass is 399 g/mol. The molecule has 1 amide bonds. The minimum atomic E-state index is -4.10. The van der Waals surface area contributed by atoms with Gasteiger partial charge in [-0.05, 0) is 29.8 Å². The van der Waals surface area contributed by atoms with Gasteiger partial charge in [0.05, 0.1) is 9.82 Å². The largest absolute Gasteiger partial charge is 0.477 e. The molecule has 9 nitrogen and oxygen atoms in total. The molecule has 0 saturated carbocycles. The van der Waals surface area contributed by atoms with Crippen LogP contribution in [-0.4, -0.2) is 25.9 Å². The van der Waals surface area contributed by atoms with E-state index in [0.717, 1.165) is 23.8 Å². The summed E-state index contributed by atoms with van der Waals surface area (Å²) < 4.78 is 27.7. The smallest absolute Gasteiger partial charge is 0.312 e. The SMILES string of the molecule is NS(=O)(=O)c1ccc(OCC(=O)NCc2cccc(Cl)c2)c([N+](=O)[O-])c1. The van der Waals surface area contributed by atoms with E-state index in [-0.39, 0.29) is 12.3 Å². The molecule has 0 spiro atoms. The van der Waals surface area contributed by atoms with Crippen molar-refractivity contribution in [2.24, 2.45) is 5.14 Å². The average molecular weight is 400 g/mol. The van der Waals surface area contributed by atoms with Gasteiger partial charge in [-0.25, -0.2) is 13.6 Å². The van der Waals surface area contributed by atoms with Crippen LogP contribution in [0.2, 0.25) is 5.02 Å². The van der Waals surface area contributed by atoms with Gasteiger partial charge < -0.3 is 10.1 Å². The van der Waals surface area contributed by atoms with Crippen molar-refractivity contribution in [3.63, 3.8) is 0 Å². The van der Waals surface area contributed by atoms with E-state index < -0.39 is 38.0 Å². The zero-order valence-corrected chi connectivity index (χ0v) is 14.8. The van der Waals surface area contributed by atoms with Gasteiger partial charge in [0.2, 0.25) is 10.0 Å². The number of nitrogens with two attached hydrogens (primary N) is 1. The maximum absolute atomic E-state index is 11.8. The molecule has 0 atom stereocenters. The van der Waals surface area contributed by atoms with Crippen LogP contribution in [0.25, 0.3) is 0 Å². The number of nitrogens with zero attached hydrogens (tertiary/aromatic N) is 1. The average Bonchev–Trinajstić information content (AvgIpc) is 2.57. The van der Waals surface area contributed by atoms with E-state index in [1.54, 1.807) is 24.3 Å². The molecule has 0 aromatic heterocycles. The zero-order valence-electron chi connectivity index (χ0n) is 13.2. The van der Waals surface area contributed by atoms with Gasteiger partial charge in [0.15, 0.2) is 12.4 Å². The van der Waals surface area contributed by atoms with Gasteiger partial charge in [0.1, 0.15) is 0 Å². The molecule has 2 aromatic rings. The van der Waals surface area contributed by atoms with Crippen molar-refractivity contribution in [3.8, 4) is 5.75 Å². The molecule has 0 bridgehead atoms. The number of carbonyl (C=O) groups excluding carboxylic acids is 1. The van der Waals surface area contributed by atoms with Gasteiger partial charge in [0, 0.05) is 17.6 Å². The molecule has 11 heteroatoms. The first-order chi connectivity index (χ1) is 12.2. The minimum absolute atomic E-state index is 0.204. The maximum Gasteiger partial charge on any atom is 0.312 e. The van der Waals surface area contributed by atoms with Gasteiger partial charge in [-0.2, -0.15) is 0 Å². The van der Waals surface area contributed by atoms with Crippen molar-refractivity contribution in [2.75, 3.05) is 6.61 Å². The van der Waals surface area contributed by atoms with E-state index >= 15 is 0 Å². The number of benzene rings is 2. The van der Waals surface area contributed by atoms with Crippen molar-refractivity contribution in [1.29, 1.82) is 0 Å². The molecular formula is C15H14ClN3O6S. The Kier molecular flexibility index (Phi) is 6.14. The maximum atomic E-state index is 11.8. The van der Waals surface area contributed by atoms with E-state index in [9.17, 15) is 23.3 Å². The standard InChI is InChI=1S/C15H14ClN3O6S/c16-11-3-1-2-10(6-11)8-18-15(20)9-25-14-5-4-12(26(17,23)24)7-13(14)19(21)22/h1-7H,8-9H2,(H,18,20)(H2,17,23,24). The number of nitrogens with one attached hydrogen (secondary N) is 1. The fourth-order valence-corrected chi connectivity index (χ4v) is 2.73. The number of hydrogen-bond acceptors (Lipinski definition) is 6. The molecule has 26 heavy (non-hydrogen) atoms. The van der Waals surface area contributed by atoms with Crippen LogP contribution >= 0.6 is 11.6 Å². The fraction of sp³-hybridized carbons (Fsp3) is 0.133. The first-order valence-electron chi connectivity index (χ1n) is 7.12. The van der Waals surface area contributed by atoms with Gasteiger partial charge in [-0.1, -0.05) is 23.7 Å². The summed E-state index contributed by atoms with van der Waals surface area (Å²) in [6, 6.07) is 9.78. The normalized spacial score (nSPS) is 11.0. The zero-order chi connectivity index (χ0) is 19.3. The van der Waals surface area contributed by atoms with E-state index in [1.807, 2.05) is 0 Å². The Morgan fingerprint density at radius 1 is 1.27 bits per heavy atom. The second kappa shape index (κ2) is 8.13. The van der Waals surface area contributed by atoms with E-state index in [0.29, 0.717) is 5.02 Å². The Balaban J connectivity index is 2.02. The van der Waals surface area contributed by atoms with Gasteiger partial charge >= 0.3 is 5.69 Å². The van der Waals surface area contributed by atoms with Crippen LogP contribution in [0.1, 0.15) is 5.56 Å². The lowest BCUT2D eigenvalue weighted by Gasteiger charge is -2.09. The molecule has 0 aliphatic carbocycles. The van der Waals surface area contributed by atoms with Crippen LogP contribution in [0.3, 0.4) is 0 Å². The second-order valence-electron chi connectivity index (χ2n) is 5.13. The van der Waals surface area contributed by atoms with Gasteiger partial charge in [0.25, 0.3) is 5.91 Å². The molecule has 0 radical (unpaired) electrons. The predicted octanol–water partition coefficient (Wildman–Crippen LogP) is 1.59. The van der Waals surface area contributed by atoms with Crippen molar-refractivity contribution in [3.05, 3.63) is 63.2 Å². The molecule has 0 saturated heterocycles. The number of primary sulfonamides is 1. The topological polar surface area (TPSA) is 142 Å². The summed E-state index contributed by atoms with van der Waals surface area (Å²) in [4.78, 5) is 21.6. The Labute approximate surface area is 153 Å². The third kappa shape index (κ3) is 5.41. The lowest BCUT2D eigenvalue weighted by molar-refractivity contribution is -0.386. The Morgan fingerprint density at radius 2 is 2.00 bits per heavy atom. The highest BCUT2D eigenvalue weighted by Crippen LogP contribution is 2.29. The summed E-state index contributed by atoms with van der Waals surface area (Å²) in [5.41, 5.74) is 0.161. The van der Waals surface area contributed by atoms with Crippen LogP contribution in [0.4, 0.5) is 5.69 Å². The van der Waals surface area contributed by atoms with Crippen LogP contribution in [0.15, 0.2) is 47.4 Å². The van der Waals surface area contributed by atoms with Crippen molar-refractivity contribution in [2.45, 2.75) is 11.4 Å². The number of nitro groups is 1. The molecular weight excluding hydrogens is 386 g/mol. The number of hydrogen-bond donors (Lipinski definition) is 2. The summed E-state index contributed by atoms with van der Waals surface area (Å²) >= 11 is 5.84. The van der Waals surface area contributed by atoms with Crippen LogP contribution in [0, 0.1) is 10.1 Å². The van der Waals surface area contributed by atoms with Gasteiger partial charge in [-0.15, -0.1) is 0 Å². The van der Waals surface area contributed by atoms with E-state index in [4.69, 9.17) is 21.5 Å². The molecule has 138 valence electrons. The molecule has 0 aliphatic rings. The van der Waals surface area contributed by atoms with Crippen molar-refractivity contribution < 1.29 is 22.9 Å². The Morgan fingerprint density at radius 3 is 2.62 bits per heavy atom. The molecule has 0 unspecified atom stereocenters. The third-order valence-corrected chi connectivity index (χ3v) is 4.34. The lowest BCUT2D eigenvalue weighted by Crippen LogP contribution is -2.28. The lowest BCUT2D eigenvalue weighted by atomic mass is 10.2. The molecule has 2 aromatic carbocycles. The highest BCUT2D eigenvalue weighted by atomic mass is 35.5. The predicted molar refractivity (Wildman–Crippen MR) is 93.3 cm³/mol. The summed E-state index contributed by atoms with van der Waals surface area (Å²) in [5, 5.41) is 19.1. The molecule has 2 rings (SSSR count). The summed E-state index contributed by atoms with van der Waals surface area (Å²) in [6.45, 7) is -0.286. The van der Waals surface area contributed by atoms with Crippen LogP contribution in [0.5, 0.6) is 5.75 Å². The summed E-state index contributed by atoms with van der Waals surface area (Å²) in [5.74, 6) is -0.768. The molecule has 3 N–H and O–H groups in total.